The Morgan fingerprint density at radius 1 is 1.64 bits per heavy atom. The number of primary amides is 1. The summed E-state index contributed by atoms with van der Waals surface area (Å²) in [5, 5.41) is 12.3. The van der Waals surface area contributed by atoms with Crippen LogP contribution in [-0.4, -0.2) is 29.7 Å². The van der Waals surface area contributed by atoms with E-state index in [-0.39, 0.29) is 12.5 Å². The normalized spacial score (nSPS) is 20.8. The smallest absolute Gasteiger partial charge is 0.231 e. The van der Waals surface area contributed by atoms with Gasteiger partial charge in [-0.3, -0.25) is 4.79 Å². The van der Waals surface area contributed by atoms with Crippen molar-refractivity contribution in [3.8, 4) is 0 Å². The molecule has 11 heavy (non-hydrogen) atoms. The Balaban J connectivity index is 2.07. The van der Waals surface area contributed by atoms with E-state index < -0.39 is 5.60 Å². The van der Waals surface area contributed by atoms with Crippen LogP contribution in [-0.2, 0) is 4.79 Å². The van der Waals surface area contributed by atoms with Gasteiger partial charge in [0, 0.05) is 6.54 Å². The summed E-state index contributed by atoms with van der Waals surface area (Å²) >= 11 is 0. The highest BCUT2D eigenvalue weighted by molar-refractivity contribution is 5.75. The first-order valence-electron chi connectivity index (χ1n) is 3.84. The lowest BCUT2D eigenvalue weighted by atomic mass is 9.80. The standard InChI is InChI=1S/C7H14N2O2/c8-6(10)4-9-5-7(11)2-1-3-7/h9,11H,1-5H2,(H2,8,10). The van der Waals surface area contributed by atoms with E-state index in [4.69, 9.17) is 5.73 Å². The molecular formula is C7H14N2O2. The third kappa shape index (κ3) is 2.48. The minimum absolute atomic E-state index is 0.155. The number of hydrogen-bond acceptors (Lipinski definition) is 3. The molecular weight excluding hydrogens is 144 g/mol. The van der Waals surface area contributed by atoms with E-state index in [2.05, 4.69) is 5.32 Å². The first kappa shape index (κ1) is 8.49. The molecule has 64 valence electrons. The summed E-state index contributed by atoms with van der Waals surface area (Å²) in [6.45, 7) is 0.637. The average molecular weight is 158 g/mol. The zero-order chi connectivity index (χ0) is 8.32. The Morgan fingerprint density at radius 2 is 2.27 bits per heavy atom. The minimum Gasteiger partial charge on any atom is -0.389 e. The summed E-state index contributed by atoms with van der Waals surface area (Å²) in [7, 11) is 0. The Labute approximate surface area is 65.8 Å². The first-order valence-corrected chi connectivity index (χ1v) is 3.84. The number of hydrogen-bond donors (Lipinski definition) is 3. The number of aliphatic hydroxyl groups is 1. The summed E-state index contributed by atoms with van der Waals surface area (Å²) in [5.74, 6) is -0.382. The lowest BCUT2D eigenvalue weighted by molar-refractivity contribution is -0.117. The van der Waals surface area contributed by atoms with Gasteiger partial charge >= 0.3 is 0 Å². The largest absolute Gasteiger partial charge is 0.389 e. The van der Waals surface area contributed by atoms with Gasteiger partial charge in [-0.15, -0.1) is 0 Å². The quantitative estimate of drug-likeness (QED) is 0.490. The third-order valence-electron chi connectivity index (χ3n) is 2.04. The van der Waals surface area contributed by atoms with E-state index in [1.54, 1.807) is 0 Å². The zero-order valence-electron chi connectivity index (χ0n) is 6.47. The number of amides is 1. The number of carbonyl (C=O) groups is 1. The maximum atomic E-state index is 10.3. The molecule has 0 bridgehead atoms. The molecule has 1 aliphatic carbocycles. The summed E-state index contributed by atoms with van der Waals surface area (Å²) in [5.41, 5.74) is 4.34. The molecule has 0 radical (unpaired) electrons. The Morgan fingerprint density at radius 3 is 2.64 bits per heavy atom. The van der Waals surface area contributed by atoms with Crippen LogP contribution < -0.4 is 11.1 Å². The van der Waals surface area contributed by atoms with Crippen molar-refractivity contribution in [1.29, 1.82) is 0 Å². The van der Waals surface area contributed by atoms with Crippen molar-refractivity contribution in [1.82, 2.24) is 5.32 Å². The van der Waals surface area contributed by atoms with Gasteiger partial charge in [0.1, 0.15) is 0 Å². The summed E-state index contributed by atoms with van der Waals surface area (Å²) in [6, 6.07) is 0. The minimum atomic E-state index is -0.560. The topological polar surface area (TPSA) is 75.4 Å². The van der Waals surface area contributed by atoms with E-state index in [1.165, 1.54) is 0 Å². The number of nitrogens with one attached hydrogen (secondary N) is 1. The highest BCUT2D eigenvalue weighted by atomic mass is 16.3. The Kier molecular flexibility index (Phi) is 2.46. The van der Waals surface area contributed by atoms with Crippen molar-refractivity contribution in [2.24, 2.45) is 5.73 Å². The fourth-order valence-electron chi connectivity index (χ4n) is 1.18. The number of carbonyl (C=O) groups excluding carboxylic acids is 1. The fourth-order valence-corrected chi connectivity index (χ4v) is 1.18. The molecule has 0 aromatic heterocycles. The molecule has 1 amide bonds. The van der Waals surface area contributed by atoms with E-state index >= 15 is 0 Å². The van der Waals surface area contributed by atoms with E-state index in [1.807, 2.05) is 0 Å². The van der Waals surface area contributed by atoms with Gasteiger partial charge in [-0.1, -0.05) is 0 Å². The van der Waals surface area contributed by atoms with E-state index in [0.29, 0.717) is 6.54 Å². The Hall–Kier alpha value is -0.610. The molecule has 0 atom stereocenters. The molecule has 0 aromatic carbocycles. The second-order valence-corrected chi connectivity index (χ2v) is 3.15. The van der Waals surface area contributed by atoms with Crippen molar-refractivity contribution < 1.29 is 9.90 Å². The van der Waals surface area contributed by atoms with Crippen molar-refractivity contribution in [2.75, 3.05) is 13.1 Å². The number of nitrogens with two attached hydrogens (primary N) is 1. The zero-order valence-corrected chi connectivity index (χ0v) is 6.47. The lowest BCUT2D eigenvalue weighted by Crippen LogP contribution is -2.47. The molecule has 4 heteroatoms. The van der Waals surface area contributed by atoms with Crippen LogP contribution in [0.1, 0.15) is 19.3 Å². The molecule has 1 aliphatic rings. The highest BCUT2D eigenvalue weighted by Crippen LogP contribution is 2.30. The number of rotatable bonds is 4. The molecule has 0 aromatic rings. The van der Waals surface area contributed by atoms with Crippen LogP contribution in [0.3, 0.4) is 0 Å². The van der Waals surface area contributed by atoms with Crippen LogP contribution >= 0.6 is 0 Å². The van der Waals surface area contributed by atoms with Crippen LogP contribution in [0.2, 0.25) is 0 Å². The summed E-state index contributed by atoms with van der Waals surface area (Å²) in [4.78, 5) is 10.3. The highest BCUT2D eigenvalue weighted by Gasteiger charge is 2.33. The van der Waals surface area contributed by atoms with Crippen molar-refractivity contribution in [2.45, 2.75) is 24.9 Å². The Bertz CT molecular complexity index is 155. The second kappa shape index (κ2) is 3.19. The van der Waals surface area contributed by atoms with Gasteiger partial charge in [-0.05, 0) is 19.3 Å². The van der Waals surface area contributed by atoms with Crippen LogP contribution in [0.4, 0.5) is 0 Å². The van der Waals surface area contributed by atoms with Crippen LogP contribution in [0.25, 0.3) is 0 Å². The lowest BCUT2D eigenvalue weighted by Gasteiger charge is -2.36. The molecule has 0 aliphatic heterocycles. The average Bonchev–Trinajstić information content (AvgIpc) is 1.83. The van der Waals surface area contributed by atoms with Crippen molar-refractivity contribution >= 4 is 5.91 Å². The molecule has 4 N–H and O–H groups in total. The molecule has 4 nitrogen and oxygen atoms in total. The van der Waals surface area contributed by atoms with Crippen LogP contribution in [0.15, 0.2) is 0 Å². The summed E-state index contributed by atoms with van der Waals surface area (Å²) in [6.07, 6.45) is 2.74. The van der Waals surface area contributed by atoms with Gasteiger partial charge < -0.3 is 16.2 Å². The van der Waals surface area contributed by atoms with Gasteiger partial charge in [0.05, 0.1) is 12.1 Å². The molecule has 1 fully saturated rings. The van der Waals surface area contributed by atoms with Gasteiger partial charge in [-0.25, -0.2) is 0 Å². The predicted octanol–water partition coefficient (Wildman–Crippen LogP) is -1.02. The molecule has 0 unspecified atom stereocenters. The van der Waals surface area contributed by atoms with Crippen molar-refractivity contribution in [3.63, 3.8) is 0 Å². The molecule has 1 rings (SSSR count). The molecule has 0 spiro atoms. The third-order valence-corrected chi connectivity index (χ3v) is 2.04. The SMILES string of the molecule is NC(=O)CNCC1(O)CCC1. The summed E-state index contributed by atoms with van der Waals surface area (Å²) < 4.78 is 0. The molecule has 1 saturated carbocycles. The predicted molar refractivity (Wildman–Crippen MR) is 40.9 cm³/mol. The molecule has 0 heterocycles. The maximum Gasteiger partial charge on any atom is 0.231 e. The molecule has 0 saturated heterocycles. The monoisotopic (exact) mass is 158 g/mol. The second-order valence-electron chi connectivity index (χ2n) is 3.15. The van der Waals surface area contributed by atoms with Gasteiger partial charge in [0.15, 0.2) is 0 Å². The first-order chi connectivity index (χ1) is 5.12. The van der Waals surface area contributed by atoms with Crippen LogP contribution in [0, 0.1) is 0 Å². The van der Waals surface area contributed by atoms with Gasteiger partial charge in [0.2, 0.25) is 5.91 Å². The van der Waals surface area contributed by atoms with Crippen molar-refractivity contribution in [3.05, 3.63) is 0 Å². The van der Waals surface area contributed by atoms with E-state index in [9.17, 15) is 9.90 Å². The maximum absolute atomic E-state index is 10.3. The van der Waals surface area contributed by atoms with Crippen LogP contribution in [0.5, 0.6) is 0 Å². The van der Waals surface area contributed by atoms with Gasteiger partial charge in [-0.2, -0.15) is 0 Å². The van der Waals surface area contributed by atoms with E-state index in [0.717, 1.165) is 19.3 Å². The van der Waals surface area contributed by atoms with Gasteiger partial charge in [0.25, 0.3) is 0 Å². The fraction of sp³-hybridized carbons (Fsp3) is 0.857.